The lowest BCUT2D eigenvalue weighted by Crippen LogP contribution is -2.17. The maximum absolute atomic E-state index is 4.67. The number of nitrogens with one attached hydrogen (secondary N) is 1. The van der Waals surface area contributed by atoms with Gasteiger partial charge < -0.3 is 5.32 Å². The fraction of sp³-hybridized carbons (Fsp3) is 0.500. The van der Waals surface area contributed by atoms with Crippen LogP contribution in [0.1, 0.15) is 43.9 Å². The molecule has 1 aromatic heterocycles. The number of nitrogens with zero attached hydrogens (tertiary/aromatic N) is 3. The fourth-order valence-electron chi connectivity index (χ4n) is 2.39. The molecular formula is C16H21BrN4. The summed E-state index contributed by atoms with van der Waals surface area (Å²) >= 11 is 3.57. The van der Waals surface area contributed by atoms with E-state index in [4.69, 9.17) is 0 Å². The second-order valence-electron chi connectivity index (χ2n) is 5.49. The number of halogens is 1. The van der Waals surface area contributed by atoms with Crippen LogP contribution >= 0.6 is 15.9 Å². The van der Waals surface area contributed by atoms with Gasteiger partial charge in [-0.3, -0.25) is 0 Å². The maximum atomic E-state index is 4.67. The van der Waals surface area contributed by atoms with Crippen LogP contribution in [0.15, 0.2) is 22.7 Å². The summed E-state index contributed by atoms with van der Waals surface area (Å²) < 4.78 is 3.08. The number of aromatic nitrogens is 3. The van der Waals surface area contributed by atoms with Crippen LogP contribution in [0, 0.1) is 0 Å². The van der Waals surface area contributed by atoms with Gasteiger partial charge in [-0.05, 0) is 30.5 Å². The summed E-state index contributed by atoms with van der Waals surface area (Å²) in [5.41, 5.74) is 2.40. The van der Waals surface area contributed by atoms with Crippen molar-refractivity contribution in [3.8, 4) is 5.69 Å². The van der Waals surface area contributed by atoms with E-state index in [-0.39, 0.29) is 0 Å². The average molecular weight is 349 g/mol. The summed E-state index contributed by atoms with van der Waals surface area (Å²) in [4.78, 5) is 4.62. The van der Waals surface area contributed by atoms with E-state index >= 15 is 0 Å². The van der Waals surface area contributed by atoms with Gasteiger partial charge in [-0.2, -0.15) is 5.10 Å². The molecule has 0 saturated heterocycles. The molecule has 1 aliphatic rings. The van der Waals surface area contributed by atoms with Gasteiger partial charge in [-0.15, -0.1) is 0 Å². The second-order valence-corrected chi connectivity index (χ2v) is 6.41. The molecule has 1 N–H and O–H groups in total. The van der Waals surface area contributed by atoms with Gasteiger partial charge >= 0.3 is 0 Å². The van der Waals surface area contributed by atoms with E-state index < -0.39 is 0 Å². The lowest BCUT2D eigenvalue weighted by atomic mass is 10.1. The zero-order valence-electron chi connectivity index (χ0n) is 12.6. The predicted molar refractivity (Wildman–Crippen MR) is 87.7 cm³/mol. The minimum Gasteiger partial charge on any atom is -0.310 e. The molecule has 0 atom stereocenters. The van der Waals surface area contributed by atoms with Crippen molar-refractivity contribution in [1.29, 1.82) is 0 Å². The monoisotopic (exact) mass is 348 g/mol. The summed E-state index contributed by atoms with van der Waals surface area (Å²) in [6.45, 7) is 5.10. The Bertz CT molecular complexity index is 631. The van der Waals surface area contributed by atoms with Crippen molar-refractivity contribution >= 4 is 15.9 Å². The quantitative estimate of drug-likeness (QED) is 0.869. The van der Waals surface area contributed by atoms with Gasteiger partial charge in [0.1, 0.15) is 5.82 Å². The standard InChI is InChI=1S/C16H21BrN4/c1-3-15-19-16(4-2)21(20-15)14-9-12(17)6-5-11(14)10-18-13-7-8-13/h5-6,9,13,18H,3-4,7-8,10H2,1-2H3. The highest BCUT2D eigenvalue weighted by Gasteiger charge is 2.21. The molecule has 1 fully saturated rings. The molecule has 3 rings (SSSR count). The van der Waals surface area contributed by atoms with Gasteiger partial charge in [-0.1, -0.05) is 35.8 Å². The van der Waals surface area contributed by atoms with Crippen molar-refractivity contribution in [2.24, 2.45) is 0 Å². The van der Waals surface area contributed by atoms with Crippen LogP contribution in [0.25, 0.3) is 5.69 Å². The third kappa shape index (κ3) is 3.35. The summed E-state index contributed by atoms with van der Waals surface area (Å²) in [7, 11) is 0. The van der Waals surface area contributed by atoms with Crippen LogP contribution in [-0.4, -0.2) is 20.8 Å². The van der Waals surface area contributed by atoms with E-state index in [9.17, 15) is 0 Å². The van der Waals surface area contributed by atoms with Gasteiger partial charge in [0, 0.05) is 29.9 Å². The first-order chi connectivity index (χ1) is 10.2. The Morgan fingerprint density at radius 3 is 2.76 bits per heavy atom. The van der Waals surface area contributed by atoms with Crippen LogP contribution in [-0.2, 0) is 19.4 Å². The van der Waals surface area contributed by atoms with Crippen LogP contribution < -0.4 is 5.32 Å². The summed E-state index contributed by atoms with van der Waals surface area (Å²) in [6, 6.07) is 7.10. The molecule has 0 spiro atoms. The molecule has 2 aromatic rings. The molecule has 4 nitrogen and oxygen atoms in total. The fourth-order valence-corrected chi connectivity index (χ4v) is 2.74. The molecule has 0 radical (unpaired) electrons. The van der Waals surface area contributed by atoms with E-state index in [0.29, 0.717) is 6.04 Å². The van der Waals surface area contributed by atoms with E-state index in [1.807, 2.05) is 4.68 Å². The number of hydrogen-bond acceptors (Lipinski definition) is 3. The topological polar surface area (TPSA) is 42.7 Å². The van der Waals surface area contributed by atoms with Gasteiger partial charge in [0.15, 0.2) is 5.82 Å². The smallest absolute Gasteiger partial charge is 0.151 e. The molecule has 0 amide bonds. The Morgan fingerprint density at radius 1 is 1.29 bits per heavy atom. The van der Waals surface area contributed by atoms with Crippen molar-refractivity contribution in [3.63, 3.8) is 0 Å². The van der Waals surface area contributed by atoms with Crippen LogP contribution in [0.4, 0.5) is 0 Å². The molecule has 1 heterocycles. The molecule has 21 heavy (non-hydrogen) atoms. The zero-order valence-corrected chi connectivity index (χ0v) is 14.2. The molecule has 5 heteroatoms. The number of aryl methyl sites for hydroxylation is 2. The first-order valence-corrected chi connectivity index (χ1v) is 8.47. The first-order valence-electron chi connectivity index (χ1n) is 7.68. The molecular weight excluding hydrogens is 328 g/mol. The maximum Gasteiger partial charge on any atom is 0.151 e. The van der Waals surface area contributed by atoms with Crippen LogP contribution in [0.2, 0.25) is 0 Å². The van der Waals surface area contributed by atoms with E-state index in [2.05, 4.69) is 63.4 Å². The number of rotatable bonds is 6. The summed E-state index contributed by atoms with van der Waals surface area (Å²) in [5, 5.41) is 8.26. The summed E-state index contributed by atoms with van der Waals surface area (Å²) in [6.07, 6.45) is 4.35. The molecule has 0 aliphatic heterocycles. The van der Waals surface area contributed by atoms with Crippen molar-refractivity contribution in [3.05, 3.63) is 39.9 Å². The lowest BCUT2D eigenvalue weighted by molar-refractivity contribution is 0.677. The molecule has 112 valence electrons. The van der Waals surface area contributed by atoms with Crippen LogP contribution in [0.5, 0.6) is 0 Å². The van der Waals surface area contributed by atoms with Crippen molar-refractivity contribution in [2.45, 2.75) is 52.1 Å². The first kappa shape index (κ1) is 14.7. The minimum absolute atomic E-state index is 0.703. The molecule has 1 saturated carbocycles. The Balaban J connectivity index is 1.98. The molecule has 1 aliphatic carbocycles. The minimum atomic E-state index is 0.703. The van der Waals surface area contributed by atoms with Gasteiger partial charge in [-0.25, -0.2) is 9.67 Å². The number of hydrogen-bond donors (Lipinski definition) is 1. The highest BCUT2D eigenvalue weighted by atomic mass is 79.9. The third-order valence-corrected chi connectivity index (χ3v) is 4.28. The molecule has 0 unspecified atom stereocenters. The molecule has 1 aromatic carbocycles. The van der Waals surface area contributed by atoms with Crippen molar-refractivity contribution < 1.29 is 0 Å². The van der Waals surface area contributed by atoms with E-state index in [1.165, 1.54) is 18.4 Å². The third-order valence-electron chi connectivity index (χ3n) is 3.78. The summed E-state index contributed by atoms with van der Waals surface area (Å²) in [5.74, 6) is 1.94. The lowest BCUT2D eigenvalue weighted by Gasteiger charge is -2.12. The second kappa shape index (κ2) is 6.28. The Kier molecular flexibility index (Phi) is 4.40. The average Bonchev–Trinajstić information content (AvgIpc) is 3.23. The van der Waals surface area contributed by atoms with E-state index in [1.54, 1.807) is 0 Å². The molecule has 0 bridgehead atoms. The Morgan fingerprint density at radius 2 is 2.10 bits per heavy atom. The Labute approximate surface area is 134 Å². The SMILES string of the molecule is CCc1nc(CC)n(-c2cc(Br)ccc2CNC2CC2)n1. The zero-order chi connectivity index (χ0) is 14.8. The van der Waals surface area contributed by atoms with Gasteiger partial charge in [0.05, 0.1) is 5.69 Å². The highest BCUT2D eigenvalue weighted by Crippen LogP contribution is 2.24. The largest absolute Gasteiger partial charge is 0.310 e. The Hall–Kier alpha value is -1.20. The van der Waals surface area contributed by atoms with Crippen LogP contribution in [0.3, 0.4) is 0 Å². The predicted octanol–water partition coefficient (Wildman–Crippen LogP) is 3.41. The van der Waals surface area contributed by atoms with Crippen molar-refractivity contribution in [1.82, 2.24) is 20.1 Å². The number of benzene rings is 1. The van der Waals surface area contributed by atoms with Crippen molar-refractivity contribution in [2.75, 3.05) is 0 Å². The normalized spacial score (nSPS) is 14.6. The van der Waals surface area contributed by atoms with Gasteiger partial charge in [0.2, 0.25) is 0 Å². The van der Waals surface area contributed by atoms with E-state index in [0.717, 1.165) is 41.2 Å². The van der Waals surface area contributed by atoms with Gasteiger partial charge in [0.25, 0.3) is 0 Å². The highest BCUT2D eigenvalue weighted by molar-refractivity contribution is 9.10.